The zero-order valence-corrected chi connectivity index (χ0v) is 10.1. The number of alkyl halides is 1. The van der Waals surface area contributed by atoms with Gasteiger partial charge in [0.1, 0.15) is 0 Å². The zero-order valence-electron chi connectivity index (χ0n) is 7.71. The number of rotatable bonds is 3. The highest BCUT2D eigenvalue weighted by Gasteiger charge is 2.24. The number of hydrogen-bond acceptors (Lipinski definition) is 1. The van der Waals surface area contributed by atoms with Gasteiger partial charge in [0, 0.05) is 4.83 Å². The number of hydrogen-bond donors (Lipinski definition) is 0. The number of thiophene rings is 1. The molecular weight excluding hydrogens is 244 g/mol. The fourth-order valence-corrected chi connectivity index (χ4v) is 3.66. The lowest BCUT2D eigenvalue weighted by Crippen LogP contribution is -2.07. The zero-order chi connectivity index (χ0) is 9.10. The molecule has 0 N–H and O–H groups in total. The fraction of sp³-hybridized carbons (Fsp3) is 0.636. The molecule has 72 valence electrons. The van der Waals surface area contributed by atoms with Crippen molar-refractivity contribution < 1.29 is 0 Å². The first-order valence-electron chi connectivity index (χ1n) is 5.01. The van der Waals surface area contributed by atoms with Gasteiger partial charge in [0.15, 0.2) is 0 Å². The lowest BCUT2D eigenvalue weighted by Gasteiger charge is -2.12. The third-order valence-corrected chi connectivity index (χ3v) is 4.89. The van der Waals surface area contributed by atoms with Gasteiger partial charge in [-0.15, -0.1) is 0 Å². The molecule has 0 saturated heterocycles. The van der Waals surface area contributed by atoms with Crippen molar-refractivity contribution in [2.24, 2.45) is 5.92 Å². The SMILES string of the molecule is BrC1CCCC1CCc1ccsc1. The van der Waals surface area contributed by atoms with Gasteiger partial charge >= 0.3 is 0 Å². The Hall–Kier alpha value is 0.180. The van der Waals surface area contributed by atoms with Gasteiger partial charge < -0.3 is 0 Å². The molecule has 0 spiro atoms. The van der Waals surface area contributed by atoms with E-state index < -0.39 is 0 Å². The van der Waals surface area contributed by atoms with Crippen LogP contribution in [-0.2, 0) is 6.42 Å². The van der Waals surface area contributed by atoms with Crippen LogP contribution in [0.1, 0.15) is 31.2 Å². The summed E-state index contributed by atoms with van der Waals surface area (Å²) >= 11 is 5.58. The van der Waals surface area contributed by atoms with Crippen molar-refractivity contribution in [2.45, 2.75) is 36.9 Å². The van der Waals surface area contributed by atoms with E-state index in [0.717, 1.165) is 10.7 Å². The highest BCUT2D eigenvalue weighted by atomic mass is 79.9. The first kappa shape index (κ1) is 9.72. The molecule has 1 aliphatic rings. The molecule has 2 rings (SSSR count). The van der Waals surface area contributed by atoms with Crippen LogP contribution in [0.3, 0.4) is 0 Å². The average Bonchev–Trinajstić information content (AvgIpc) is 2.72. The molecule has 2 unspecified atom stereocenters. The Morgan fingerprint density at radius 3 is 3.00 bits per heavy atom. The summed E-state index contributed by atoms with van der Waals surface area (Å²) in [4.78, 5) is 0.797. The van der Waals surface area contributed by atoms with Crippen molar-refractivity contribution >= 4 is 27.3 Å². The molecule has 0 bridgehead atoms. The van der Waals surface area contributed by atoms with Gasteiger partial charge in [-0.25, -0.2) is 0 Å². The molecule has 1 aromatic rings. The summed E-state index contributed by atoms with van der Waals surface area (Å²) in [7, 11) is 0. The summed E-state index contributed by atoms with van der Waals surface area (Å²) in [6.07, 6.45) is 6.88. The summed E-state index contributed by atoms with van der Waals surface area (Å²) < 4.78 is 0. The Kier molecular flexibility index (Phi) is 3.45. The molecule has 1 aliphatic carbocycles. The minimum Gasteiger partial charge on any atom is -0.152 e. The van der Waals surface area contributed by atoms with Crippen molar-refractivity contribution in [1.29, 1.82) is 0 Å². The minimum atomic E-state index is 0.797. The third kappa shape index (κ3) is 2.57. The van der Waals surface area contributed by atoms with Crippen molar-refractivity contribution in [3.63, 3.8) is 0 Å². The van der Waals surface area contributed by atoms with Gasteiger partial charge in [0.2, 0.25) is 0 Å². The predicted molar refractivity (Wildman–Crippen MR) is 62.7 cm³/mol. The Labute approximate surface area is 92.5 Å². The standard InChI is InChI=1S/C11H15BrS/c12-11-3-1-2-10(11)5-4-9-6-7-13-8-9/h6-8,10-11H,1-5H2. The van der Waals surface area contributed by atoms with Crippen LogP contribution in [0.15, 0.2) is 16.8 Å². The molecule has 2 heteroatoms. The first-order chi connectivity index (χ1) is 6.36. The molecule has 1 aromatic heterocycles. The fourth-order valence-electron chi connectivity index (χ4n) is 2.10. The van der Waals surface area contributed by atoms with Crippen LogP contribution < -0.4 is 0 Å². The second-order valence-electron chi connectivity index (χ2n) is 3.88. The topological polar surface area (TPSA) is 0 Å². The molecule has 1 heterocycles. The number of halogens is 1. The normalized spacial score (nSPS) is 28.1. The van der Waals surface area contributed by atoms with Crippen LogP contribution in [0.25, 0.3) is 0 Å². The second-order valence-corrected chi connectivity index (χ2v) is 5.83. The van der Waals surface area contributed by atoms with Crippen molar-refractivity contribution in [1.82, 2.24) is 0 Å². The maximum atomic E-state index is 3.77. The van der Waals surface area contributed by atoms with Gasteiger partial charge in [-0.1, -0.05) is 22.4 Å². The smallest absolute Gasteiger partial charge is 0.0174 e. The molecule has 0 aromatic carbocycles. The van der Waals surface area contributed by atoms with Crippen molar-refractivity contribution in [2.75, 3.05) is 0 Å². The molecule has 1 fully saturated rings. The van der Waals surface area contributed by atoms with Crippen LogP contribution in [0, 0.1) is 5.92 Å². The summed E-state index contributed by atoms with van der Waals surface area (Å²) in [5, 5.41) is 4.45. The van der Waals surface area contributed by atoms with E-state index in [1.54, 1.807) is 0 Å². The largest absolute Gasteiger partial charge is 0.152 e. The molecule has 13 heavy (non-hydrogen) atoms. The summed E-state index contributed by atoms with van der Waals surface area (Å²) in [5.41, 5.74) is 1.52. The molecule has 0 aliphatic heterocycles. The predicted octanol–water partition coefficient (Wildman–Crippen LogP) is 4.24. The van der Waals surface area contributed by atoms with E-state index in [1.807, 2.05) is 11.3 Å². The van der Waals surface area contributed by atoms with Crippen LogP contribution in [0.2, 0.25) is 0 Å². The van der Waals surface area contributed by atoms with Gasteiger partial charge in [-0.05, 0) is 54.0 Å². The number of aryl methyl sites for hydroxylation is 1. The highest BCUT2D eigenvalue weighted by Crippen LogP contribution is 2.34. The lowest BCUT2D eigenvalue weighted by atomic mass is 10.00. The molecule has 0 amide bonds. The Bertz CT molecular complexity index is 243. The molecule has 0 radical (unpaired) electrons. The molecular formula is C11H15BrS. The van der Waals surface area contributed by atoms with Gasteiger partial charge in [0.25, 0.3) is 0 Å². The maximum Gasteiger partial charge on any atom is 0.0174 e. The van der Waals surface area contributed by atoms with E-state index in [0.29, 0.717) is 0 Å². The van der Waals surface area contributed by atoms with E-state index >= 15 is 0 Å². The quantitative estimate of drug-likeness (QED) is 0.712. The highest BCUT2D eigenvalue weighted by molar-refractivity contribution is 9.09. The summed E-state index contributed by atoms with van der Waals surface area (Å²) in [5.74, 6) is 0.930. The van der Waals surface area contributed by atoms with E-state index in [2.05, 4.69) is 32.8 Å². The average molecular weight is 259 g/mol. The van der Waals surface area contributed by atoms with Crippen molar-refractivity contribution in [3.05, 3.63) is 22.4 Å². The van der Waals surface area contributed by atoms with Crippen LogP contribution in [0.5, 0.6) is 0 Å². The van der Waals surface area contributed by atoms with E-state index in [9.17, 15) is 0 Å². The second kappa shape index (κ2) is 4.61. The van der Waals surface area contributed by atoms with E-state index in [-0.39, 0.29) is 0 Å². The Balaban J connectivity index is 1.79. The Morgan fingerprint density at radius 1 is 1.46 bits per heavy atom. The maximum absolute atomic E-state index is 3.77. The van der Waals surface area contributed by atoms with Crippen molar-refractivity contribution in [3.8, 4) is 0 Å². The monoisotopic (exact) mass is 258 g/mol. The molecule has 0 nitrogen and oxygen atoms in total. The molecule has 2 atom stereocenters. The summed E-state index contributed by atoms with van der Waals surface area (Å²) in [6.45, 7) is 0. The minimum absolute atomic E-state index is 0.797. The van der Waals surface area contributed by atoms with E-state index in [4.69, 9.17) is 0 Å². The Morgan fingerprint density at radius 2 is 2.38 bits per heavy atom. The van der Waals surface area contributed by atoms with E-state index in [1.165, 1.54) is 37.7 Å². The van der Waals surface area contributed by atoms with Crippen LogP contribution in [-0.4, -0.2) is 4.83 Å². The lowest BCUT2D eigenvalue weighted by molar-refractivity contribution is 0.518. The van der Waals surface area contributed by atoms with Crippen LogP contribution >= 0.6 is 27.3 Å². The van der Waals surface area contributed by atoms with Gasteiger partial charge in [0.05, 0.1) is 0 Å². The summed E-state index contributed by atoms with van der Waals surface area (Å²) in [6, 6.07) is 2.25. The van der Waals surface area contributed by atoms with Crippen LogP contribution in [0.4, 0.5) is 0 Å². The van der Waals surface area contributed by atoms with Gasteiger partial charge in [-0.3, -0.25) is 0 Å². The first-order valence-corrected chi connectivity index (χ1v) is 6.87. The third-order valence-electron chi connectivity index (χ3n) is 2.95. The van der Waals surface area contributed by atoms with Gasteiger partial charge in [-0.2, -0.15) is 11.3 Å². The molecule has 1 saturated carbocycles.